The third kappa shape index (κ3) is 4.54. The molecule has 10 rings (SSSR count). The van der Waals surface area contributed by atoms with Crippen LogP contribution in [0, 0.1) is 0 Å². The fourth-order valence-electron chi connectivity index (χ4n) is 8.16. The minimum Gasteiger partial charge on any atom is -0.0622 e. The summed E-state index contributed by atoms with van der Waals surface area (Å²) in [5.41, 5.74) is 10.1. The third-order valence-electron chi connectivity index (χ3n) is 10.4. The molecule has 0 saturated carbocycles. The summed E-state index contributed by atoms with van der Waals surface area (Å²) in [6.07, 6.45) is 0. The molecule has 0 nitrogen and oxygen atoms in total. The van der Waals surface area contributed by atoms with Gasteiger partial charge in [0.05, 0.1) is 0 Å². The Morgan fingerprint density at radius 2 is 0.660 bits per heavy atom. The van der Waals surface area contributed by atoms with Gasteiger partial charge in [0.1, 0.15) is 0 Å². The van der Waals surface area contributed by atoms with Gasteiger partial charge >= 0.3 is 0 Å². The number of hydrogen-bond acceptors (Lipinski definition) is 0. The number of hydrogen-bond donors (Lipinski definition) is 0. The fraction of sp³-hybridized carbons (Fsp3) is 0. The number of rotatable bonds is 4. The van der Waals surface area contributed by atoms with Crippen molar-refractivity contribution in [2.45, 2.75) is 0 Å². The second-order valence-electron chi connectivity index (χ2n) is 13.2. The molecule has 0 heterocycles. The highest BCUT2D eigenvalue weighted by Gasteiger charge is 2.18. The van der Waals surface area contributed by atoms with Crippen LogP contribution in [0.15, 0.2) is 194 Å². The second-order valence-corrected chi connectivity index (χ2v) is 13.2. The van der Waals surface area contributed by atoms with E-state index in [1.165, 1.54) is 98.4 Å². The van der Waals surface area contributed by atoms with Gasteiger partial charge in [-0.05, 0) is 111 Å². The lowest BCUT2D eigenvalue weighted by Gasteiger charge is -2.19. The topological polar surface area (TPSA) is 0 Å². The molecule has 0 saturated heterocycles. The van der Waals surface area contributed by atoms with Gasteiger partial charge in [0.25, 0.3) is 0 Å². The van der Waals surface area contributed by atoms with Crippen LogP contribution in [0.2, 0.25) is 0 Å². The highest BCUT2D eigenvalue weighted by atomic mass is 14.2. The molecule has 0 aliphatic heterocycles. The largest absolute Gasteiger partial charge is 0.0622 e. The maximum absolute atomic E-state index is 2.38. The Morgan fingerprint density at radius 1 is 0.200 bits per heavy atom. The first-order valence-corrected chi connectivity index (χ1v) is 17.4. The van der Waals surface area contributed by atoms with Crippen LogP contribution in [-0.4, -0.2) is 0 Å². The van der Waals surface area contributed by atoms with Crippen LogP contribution < -0.4 is 0 Å². The molecule has 0 atom stereocenters. The summed E-state index contributed by atoms with van der Waals surface area (Å²) in [5, 5.41) is 12.7. The van der Waals surface area contributed by atoms with Crippen LogP contribution in [0.25, 0.3) is 98.4 Å². The van der Waals surface area contributed by atoms with Gasteiger partial charge in [0, 0.05) is 0 Å². The Labute approximate surface area is 291 Å². The van der Waals surface area contributed by atoms with Crippen LogP contribution in [0.1, 0.15) is 0 Å². The van der Waals surface area contributed by atoms with E-state index < -0.39 is 0 Å². The van der Waals surface area contributed by atoms with Crippen LogP contribution >= 0.6 is 0 Å². The molecule has 0 spiro atoms. The Kier molecular flexibility index (Phi) is 6.60. The summed E-state index contributed by atoms with van der Waals surface area (Å²) >= 11 is 0. The maximum atomic E-state index is 2.38. The quantitative estimate of drug-likeness (QED) is 0.169. The Balaban J connectivity index is 1.14. The number of fused-ring (bicyclic) bond motifs is 5. The molecule has 0 fully saturated rings. The molecule has 0 radical (unpaired) electrons. The molecule has 232 valence electrons. The van der Waals surface area contributed by atoms with Crippen molar-refractivity contribution in [2.24, 2.45) is 0 Å². The van der Waals surface area contributed by atoms with Crippen LogP contribution in [0.4, 0.5) is 0 Å². The van der Waals surface area contributed by atoms with Gasteiger partial charge in [-0.15, -0.1) is 0 Å². The molecule has 10 aromatic rings. The molecule has 10 aromatic carbocycles. The van der Waals surface area contributed by atoms with Gasteiger partial charge in [0.2, 0.25) is 0 Å². The van der Waals surface area contributed by atoms with E-state index in [4.69, 9.17) is 0 Å². The molecule has 0 amide bonds. The van der Waals surface area contributed by atoms with Gasteiger partial charge < -0.3 is 0 Å². The van der Waals surface area contributed by atoms with E-state index in [2.05, 4.69) is 194 Å². The number of benzene rings is 10. The fourth-order valence-corrected chi connectivity index (χ4v) is 8.16. The summed E-state index contributed by atoms with van der Waals surface area (Å²) in [7, 11) is 0. The van der Waals surface area contributed by atoms with Gasteiger partial charge in [-0.3, -0.25) is 0 Å². The predicted octanol–water partition coefficient (Wildman–Crippen LogP) is 14.1. The minimum absolute atomic E-state index is 1.23. The molecule has 0 N–H and O–H groups in total. The van der Waals surface area contributed by atoms with Crippen molar-refractivity contribution in [1.29, 1.82) is 0 Å². The summed E-state index contributed by atoms with van der Waals surface area (Å²) in [6, 6.07) is 71.2. The zero-order valence-electron chi connectivity index (χ0n) is 27.5. The van der Waals surface area contributed by atoms with Crippen LogP contribution in [-0.2, 0) is 0 Å². The molecule has 0 heteroatoms. The van der Waals surface area contributed by atoms with Gasteiger partial charge in [-0.25, -0.2) is 0 Å². The van der Waals surface area contributed by atoms with Crippen molar-refractivity contribution in [3.63, 3.8) is 0 Å². The maximum Gasteiger partial charge on any atom is -0.00201 e. The molecule has 0 aliphatic rings. The van der Waals surface area contributed by atoms with E-state index >= 15 is 0 Å². The minimum atomic E-state index is 1.23. The lowest BCUT2D eigenvalue weighted by molar-refractivity contribution is 1.63. The normalized spacial score (nSPS) is 11.6. The monoisotopic (exact) mass is 632 g/mol. The Hall–Kier alpha value is -6.50. The zero-order chi connectivity index (χ0) is 33.0. The summed E-state index contributed by atoms with van der Waals surface area (Å²) < 4.78 is 0. The smallest absolute Gasteiger partial charge is 0.00201 e. The molecule has 50 heavy (non-hydrogen) atoms. The molecule has 0 aromatic heterocycles. The highest BCUT2D eigenvalue weighted by molar-refractivity contribution is 6.23. The van der Waals surface area contributed by atoms with Gasteiger partial charge in [-0.2, -0.15) is 0 Å². The molecule has 0 bridgehead atoms. The van der Waals surface area contributed by atoms with Crippen molar-refractivity contribution in [3.8, 4) is 44.5 Å². The van der Waals surface area contributed by atoms with E-state index in [-0.39, 0.29) is 0 Å². The SMILES string of the molecule is c1ccc(-c2ccc(-c3ccc4cc(-c5c6ccccc6c(-c6cccc7ccccc67)c6ccccc56)ccc4c3)c3ccccc23)cc1. The highest BCUT2D eigenvalue weighted by Crippen LogP contribution is 2.46. The first-order chi connectivity index (χ1) is 24.8. The third-order valence-corrected chi connectivity index (χ3v) is 10.4. The Bertz CT molecular complexity index is 2850. The van der Waals surface area contributed by atoms with E-state index in [0.717, 1.165) is 0 Å². The molecule has 0 aliphatic carbocycles. The lowest BCUT2D eigenvalue weighted by Crippen LogP contribution is -1.91. The van der Waals surface area contributed by atoms with Crippen molar-refractivity contribution >= 4 is 53.9 Å². The predicted molar refractivity (Wildman–Crippen MR) is 216 cm³/mol. The van der Waals surface area contributed by atoms with Gasteiger partial charge in [-0.1, -0.05) is 182 Å². The van der Waals surface area contributed by atoms with E-state index in [1.807, 2.05) is 0 Å². The van der Waals surface area contributed by atoms with Crippen molar-refractivity contribution < 1.29 is 0 Å². The van der Waals surface area contributed by atoms with Crippen molar-refractivity contribution in [3.05, 3.63) is 194 Å². The average molecular weight is 633 g/mol. The van der Waals surface area contributed by atoms with E-state index in [0.29, 0.717) is 0 Å². The van der Waals surface area contributed by atoms with Crippen LogP contribution in [0.3, 0.4) is 0 Å². The van der Waals surface area contributed by atoms with Crippen molar-refractivity contribution in [2.75, 3.05) is 0 Å². The zero-order valence-corrected chi connectivity index (χ0v) is 27.5. The van der Waals surface area contributed by atoms with Gasteiger partial charge in [0.15, 0.2) is 0 Å². The second kappa shape index (κ2) is 11.6. The summed E-state index contributed by atoms with van der Waals surface area (Å²) in [6.45, 7) is 0. The van der Waals surface area contributed by atoms with Crippen molar-refractivity contribution in [1.82, 2.24) is 0 Å². The van der Waals surface area contributed by atoms with Crippen LogP contribution in [0.5, 0.6) is 0 Å². The van der Waals surface area contributed by atoms with E-state index in [9.17, 15) is 0 Å². The summed E-state index contributed by atoms with van der Waals surface area (Å²) in [4.78, 5) is 0. The lowest BCUT2D eigenvalue weighted by atomic mass is 9.84. The molecule has 0 unspecified atom stereocenters. The van der Waals surface area contributed by atoms with E-state index in [1.54, 1.807) is 0 Å². The first kappa shape index (κ1) is 28.5. The standard InChI is InChI=1S/C50H32/c1-2-13-33(14-3-1)40-29-30-41(43-19-7-6-18-42(40)43)37-27-25-36-32-38(28-26-35(36)31-37)49-45-20-8-10-22-47(45)50(48-23-11-9-21-46(48)49)44-24-12-16-34-15-4-5-17-39(34)44/h1-32H. The first-order valence-electron chi connectivity index (χ1n) is 17.4. The Morgan fingerprint density at radius 3 is 1.30 bits per heavy atom. The average Bonchev–Trinajstić information content (AvgIpc) is 3.19. The molecular formula is C50H32. The molecular weight excluding hydrogens is 601 g/mol. The summed E-state index contributed by atoms with van der Waals surface area (Å²) in [5.74, 6) is 0.